The average molecular weight is 658 g/mol. The highest BCUT2D eigenvalue weighted by atomic mass is 35.5. The molecule has 3 heterocycles. The zero-order valence-corrected chi connectivity index (χ0v) is 26.4. The van der Waals surface area contributed by atoms with Gasteiger partial charge in [0.15, 0.2) is 0 Å². The summed E-state index contributed by atoms with van der Waals surface area (Å²) >= 11 is 6.12. The standard InChI is InChI=1S/C33H35ClF3N5O4/c1-32(2)11-9-22(26(16-32)21-4-6-23(34)7-5-21)18-39-13-14-40(27(19-39)33(35,36)37)17-20-3-8-24-25(15-20)30(45)42(29(24)44)41-12-10-28(43)38-31(41)46/h3-8,15,27H,9-14,16-19H2,1-2H3,(H,38,43,46). The minimum absolute atomic E-state index is 0.0104. The summed E-state index contributed by atoms with van der Waals surface area (Å²) in [5, 5.41) is 4.28. The van der Waals surface area contributed by atoms with Crippen LogP contribution in [0.15, 0.2) is 48.0 Å². The predicted molar refractivity (Wildman–Crippen MR) is 165 cm³/mol. The van der Waals surface area contributed by atoms with Gasteiger partial charge in [-0.3, -0.25) is 29.5 Å². The number of urea groups is 1. The summed E-state index contributed by atoms with van der Waals surface area (Å²) in [6.45, 7) is 5.08. The number of hydrazine groups is 1. The molecule has 2 aromatic rings. The largest absolute Gasteiger partial charge is 0.405 e. The highest BCUT2D eigenvalue weighted by molar-refractivity contribution is 6.30. The van der Waals surface area contributed by atoms with Crippen LogP contribution in [0.4, 0.5) is 18.0 Å². The molecule has 1 aliphatic carbocycles. The number of halogens is 4. The molecule has 6 rings (SSSR count). The maximum Gasteiger partial charge on any atom is 0.405 e. The minimum Gasteiger partial charge on any atom is -0.296 e. The van der Waals surface area contributed by atoms with Crippen LogP contribution in [0.25, 0.3) is 5.57 Å². The van der Waals surface area contributed by atoms with Crippen LogP contribution in [0.2, 0.25) is 5.02 Å². The lowest BCUT2D eigenvalue weighted by molar-refractivity contribution is -0.198. The second kappa shape index (κ2) is 12.1. The molecule has 1 unspecified atom stereocenters. The van der Waals surface area contributed by atoms with Gasteiger partial charge in [-0.25, -0.2) is 9.80 Å². The van der Waals surface area contributed by atoms with Gasteiger partial charge in [0.1, 0.15) is 6.04 Å². The number of hydrogen-bond donors (Lipinski definition) is 1. The number of piperazine rings is 1. The highest BCUT2D eigenvalue weighted by Gasteiger charge is 2.47. The number of allylic oxidation sites excluding steroid dienone is 1. The number of hydrogen-bond acceptors (Lipinski definition) is 6. The number of carbonyl (C=O) groups excluding carboxylic acids is 4. The summed E-state index contributed by atoms with van der Waals surface area (Å²) in [5.41, 5.74) is 3.99. The van der Waals surface area contributed by atoms with E-state index in [-0.39, 0.29) is 49.1 Å². The molecule has 0 bridgehead atoms. The Balaban J connectivity index is 1.18. The molecule has 2 saturated heterocycles. The fourth-order valence-corrected chi connectivity index (χ4v) is 6.95. The summed E-state index contributed by atoms with van der Waals surface area (Å²) < 4.78 is 43.5. The normalized spacial score (nSPS) is 22.9. The lowest BCUT2D eigenvalue weighted by Crippen LogP contribution is -2.58. The van der Waals surface area contributed by atoms with Crippen molar-refractivity contribution in [3.05, 3.63) is 75.3 Å². The van der Waals surface area contributed by atoms with Crippen LogP contribution in [0.3, 0.4) is 0 Å². The van der Waals surface area contributed by atoms with Crippen LogP contribution >= 0.6 is 11.6 Å². The molecule has 5 amide bonds. The Hall–Kier alpha value is -3.74. The molecule has 3 aliphatic heterocycles. The van der Waals surface area contributed by atoms with Crippen molar-refractivity contribution in [2.75, 3.05) is 32.7 Å². The van der Waals surface area contributed by atoms with Gasteiger partial charge in [-0.15, -0.1) is 0 Å². The molecule has 46 heavy (non-hydrogen) atoms. The number of benzene rings is 2. The molecule has 4 aliphatic rings. The van der Waals surface area contributed by atoms with Crippen LogP contribution < -0.4 is 5.32 Å². The highest BCUT2D eigenvalue weighted by Crippen LogP contribution is 2.43. The predicted octanol–water partition coefficient (Wildman–Crippen LogP) is 5.51. The molecule has 1 atom stereocenters. The molecule has 2 aromatic carbocycles. The third-order valence-corrected chi connectivity index (χ3v) is 9.59. The topological polar surface area (TPSA) is 93.3 Å². The molecule has 1 N–H and O–H groups in total. The smallest absolute Gasteiger partial charge is 0.296 e. The Morgan fingerprint density at radius 3 is 2.33 bits per heavy atom. The number of imide groups is 2. The van der Waals surface area contributed by atoms with E-state index >= 15 is 0 Å². The lowest BCUT2D eigenvalue weighted by atomic mass is 9.72. The van der Waals surface area contributed by atoms with E-state index in [1.807, 2.05) is 29.2 Å². The van der Waals surface area contributed by atoms with Gasteiger partial charge >= 0.3 is 12.2 Å². The third kappa shape index (κ3) is 6.43. The van der Waals surface area contributed by atoms with Crippen molar-refractivity contribution in [2.45, 2.75) is 58.3 Å². The lowest BCUT2D eigenvalue weighted by Gasteiger charge is -2.43. The number of amides is 5. The van der Waals surface area contributed by atoms with Crippen LogP contribution in [-0.2, 0) is 11.3 Å². The number of nitrogens with zero attached hydrogens (tertiary/aromatic N) is 4. The fraction of sp³-hybridized carbons (Fsp3) is 0.455. The molecule has 13 heteroatoms. The summed E-state index contributed by atoms with van der Waals surface area (Å²) in [7, 11) is 0. The van der Waals surface area contributed by atoms with Gasteiger partial charge in [0.25, 0.3) is 11.8 Å². The fourth-order valence-electron chi connectivity index (χ4n) is 6.83. The van der Waals surface area contributed by atoms with E-state index in [0.29, 0.717) is 28.7 Å². The molecule has 0 spiro atoms. The second-order valence-corrected chi connectivity index (χ2v) is 13.7. The SMILES string of the molecule is CC1(C)CCC(CN2CCN(Cc3ccc4c(c3)C(=O)N(N3CCC(=O)NC3=O)C4=O)C(C(F)(F)F)C2)=C(c2ccc(Cl)cc2)C1. The van der Waals surface area contributed by atoms with Crippen molar-refractivity contribution in [1.29, 1.82) is 0 Å². The van der Waals surface area contributed by atoms with Crippen LogP contribution in [0, 0.1) is 5.41 Å². The van der Waals surface area contributed by atoms with E-state index in [0.717, 1.165) is 35.4 Å². The van der Waals surface area contributed by atoms with Crippen molar-refractivity contribution < 1.29 is 32.3 Å². The van der Waals surface area contributed by atoms with Gasteiger partial charge in [-0.1, -0.05) is 49.2 Å². The molecular weight excluding hydrogens is 623 g/mol. The van der Waals surface area contributed by atoms with E-state index in [2.05, 4.69) is 19.2 Å². The van der Waals surface area contributed by atoms with Gasteiger partial charge in [-0.2, -0.15) is 18.2 Å². The van der Waals surface area contributed by atoms with Gasteiger partial charge in [-0.05, 0) is 65.6 Å². The van der Waals surface area contributed by atoms with E-state index in [4.69, 9.17) is 11.6 Å². The molecule has 2 fully saturated rings. The third-order valence-electron chi connectivity index (χ3n) is 9.33. The first-order valence-corrected chi connectivity index (χ1v) is 15.7. The number of nitrogens with one attached hydrogen (secondary N) is 1. The van der Waals surface area contributed by atoms with E-state index in [9.17, 15) is 32.3 Å². The van der Waals surface area contributed by atoms with Crippen LogP contribution in [0.1, 0.15) is 71.4 Å². The Labute approximate surface area is 269 Å². The molecule has 0 radical (unpaired) electrons. The minimum atomic E-state index is -4.49. The molecule has 0 aromatic heterocycles. The van der Waals surface area contributed by atoms with Crippen molar-refractivity contribution in [2.24, 2.45) is 5.41 Å². The first kappa shape index (κ1) is 32.2. The molecule has 0 saturated carbocycles. The van der Waals surface area contributed by atoms with Crippen molar-refractivity contribution >= 4 is 40.9 Å². The second-order valence-electron chi connectivity index (χ2n) is 13.2. The first-order chi connectivity index (χ1) is 21.7. The van der Waals surface area contributed by atoms with E-state index < -0.39 is 36.0 Å². The van der Waals surface area contributed by atoms with Gasteiger partial charge in [0.2, 0.25) is 5.91 Å². The number of fused-ring (bicyclic) bond motifs is 1. The van der Waals surface area contributed by atoms with E-state index in [1.54, 1.807) is 6.07 Å². The monoisotopic (exact) mass is 657 g/mol. The molecule has 244 valence electrons. The average Bonchev–Trinajstić information content (AvgIpc) is 3.23. The van der Waals surface area contributed by atoms with Gasteiger partial charge in [0, 0.05) is 44.2 Å². The first-order valence-electron chi connectivity index (χ1n) is 15.3. The zero-order valence-electron chi connectivity index (χ0n) is 25.6. The Morgan fingerprint density at radius 1 is 0.913 bits per heavy atom. The Kier molecular flexibility index (Phi) is 8.49. The van der Waals surface area contributed by atoms with Crippen molar-refractivity contribution in [3.8, 4) is 0 Å². The summed E-state index contributed by atoms with van der Waals surface area (Å²) in [5.74, 6) is -2.00. The van der Waals surface area contributed by atoms with Crippen molar-refractivity contribution in [1.82, 2.24) is 25.1 Å². The number of alkyl halides is 3. The quantitative estimate of drug-likeness (QED) is 0.412. The Bertz CT molecular complexity index is 1620. The Morgan fingerprint density at radius 2 is 1.63 bits per heavy atom. The zero-order chi connectivity index (χ0) is 33.0. The van der Waals surface area contributed by atoms with Gasteiger partial charge in [0.05, 0.1) is 17.7 Å². The number of carbonyl (C=O) groups is 4. The maximum absolute atomic E-state index is 14.5. The summed E-state index contributed by atoms with van der Waals surface area (Å²) in [6, 6.07) is 9.41. The van der Waals surface area contributed by atoms with Gasteiger partial charge < -0.3 is 0 Å². The molecular formula is C33H35ClF3N5O4. The van der Waals surface area contributed by atoms with Crippen molar-refractivity contribution in [3.63, 3.8) is 0 Å². The van der Waals surface area contributed by atoms with Crippen LogP contribution in [-0.4, -0.2) is 88.5 Å². The van der Waals surface area contributed by atoms with Crippen LogP contribution in [0.5, 0.6) is 0 Å². The summed E-state index contributed by atoms with van der Waals surface area (Å²) in [6.07, 6.45) is -1.95. The maximum atomic E-state index is 14.5. The number of rotatable bonds is 6. The molecule has 9 nitrogen and oxygen atoms in total. The summed E-state index contributed by atoms with van der Waals surface area (Å²) in [4.78, 5) is 53.3. The van der Waals surface area contributed by atoms with E-state index in [1.165, 1.54) is 22.6 Å².